The van der Waals surface area contributed by atoms with E-state index in [2.05, 4.69) is 22.3 Å². The van der Waals surface area contributed by atoms with Crippen molar-refractivity contribution in [3.8, 4) is 0 Å². The molecule has 4 N–H and O–H groups in total. The standard InChI is InChI=1S/C15H22N4O2S/c1-3-22-9-8-13(14(20)17-2)19-15(21)18-12-6-4-11(10-16)5-7-12/h4-7,13H,2-3,8-10,16H2,1H3,(H2,18,19,21)/t13-/m0/s1. The highest BCUT2D eigenvalue weighted by Crippen LogP contribution is 2.10. The molecule has 1 aromatic rings. The number of nitrogens with two attached hydrogens (primary N) is 1. The summed E-state index contributed by atoms with van der Waals surface area (Å²) in [6.07, 6.45) is 0.524. The van der Waals surface area contributed by atoms with Gasteiger partial charge in [0.2, 0.25) is 0 Å². The third kappa shape index (κ3) is 6.28. The fourth-order valence-corrected chi connectivity index (χ4v) is 2.45. The summed E-state index contributed by atoms with van der Waals surface area (Å²) >= 11 is 1.70. The van der Waals surface area contributed by atoms with Gasteiger partial charge in [0.25, 0.3) is 5.91 Å². The van der Waals surface area contributed by atoms with Crippen LogP contribution in [0.4, 0.5) is 10.5 Å². The van der Waals surface area contributed by atoms with Crippen molar-refractivity contribution < 1.29 is 9.59 Å². The fraction of sp³-hybridized carbons (Fsp3) is 0.400. The first-order chi connectivity index (χ1) is 10.6. The Balaban J connectivity index is 2.57. The molecule has 0 aromatic heterocycles. The molecule has 22 heavy (non-hydrogen) atoms. The Kier molecular flexibility index (Phi) is 8.24. The number of hydrogen-bond donors (Lipinski definition) is 3. The topological polar surface area (TPSA) is 96.6 Å². The summed E-state index contributed by atoms with van der Waals surface area (Å²) in [5, 5.41) is 5.31. The second-order valence-electron chi connectivity index (χ2n) is 4.53. The van der Waals surface area contributed by atoms with E-state index in [9.17, 15) is 9.59 Å². The molecule has 0 aliphatic rings. The van der Waals surface area contributed by atoms with Crippen molar-refractivity contribution in [2.24, 2.45) is 10.7 Å². The maximum Gasteiger partial charge on any atom is 0.319 e. The molecule has 1 rings (SSSR count). The van der Waals surface area contributed by atoms with Crippen LogP contribution in [0.15, 0.2) is 29.3 Å². The molecule has 3 amide bonds. The zero-order valence-corrected chi connectivity index (χ0v) is 13.5. The number of benzene rings is 1. The summed E-state index contributed by atoms with van der Waals surface area (Å²) in [7, 11) is 0. The molecule has 0 radical (unpaired) electrons. The number of nitrogens with zero attached hydrogens (tertiary/aromatic N) is 1. The number of aliphatic imine (C=N–C) groups is 1. The summed E-state index contributed by atoms with van der Waals surface area (Å²) < 4.78 is 0. The number of carbonyl (C=O) groups is 2. The highest BCUT2D eigenvalue weighted by Gasteiger charge is 2.19. The van der Waals surface area contributed by atoms with Crippen LogP contribution in [0.3, 0.4) is 0 Å². The van der Waals surface area contributed by atoms with Gasteiger partial charge in [0, 0.05) is 12.2 Å². The van der Waals surface area contributed by atoms with Gasteiger partial charge >= 0.3 is 6.03 Å². The van der Waals surface area contributed by atoms with Crippen molar-refractivity contribution in [1.29, 1.82) is 0 Å². The molecular weight excluding hydrogens is 300 g/mol. The number of rotatable bonds is 8. The zero-order valence-electron chi connectivity index (χ0n) is 12.7. The summed E-state index contributed by atoms with van der Waals surface area (Å²) in [6.45, 7) is 5.72. The van der Waals surface area contributed by atoms with Crippen molar-refractivity contribution in [3.05, 3.63) is 29.8 Å². The highest BCUT2D eigenvalue weighted by molar-refractivity contribution is 7.99. The van der Waals surface area contributed by atoms with Crippen molar-refractivity contribution in [3.63, 3.8) is 0 Å². The largest absolute Gasteiger partial charge is 0.326 e. The number of anilines is 1. The minimum atomic E-state index is -0.653. The third-order valence-electron chi connectivity index (χ3n) is 2.96. The number of amides is 3. The van der Waals surface area contributed by atoms with Crippen molar-refractivity contribution in [2.75, 3.05) is 16.8 Å². The van der Waals surface area contributed by atoms with E-state index in [1.807, 2.05) is 19.1 Å². The van der Waals surface area contributed by atoms with Gasteiger partial charge in [0.15, 0.2) is 0 Å². The van der Waals surface area contributed by atoms with E-state index in [1.54, 1.807) is 23.9 Å². The first-order valence-corrected chi connectivity index (χ1v) is 8.21. The van der Waals surface area contributed by atoms with E-state index in [4.69, 9.17) is 5.73 Å². The predicted octanol–water partition coefficient (Wildman–Crippen LogP) is 2.01. The summed E-state index contributed by atoms with van der Waals surface area (Å²) in [5.74, 6) is 1.31. The highest BCUT2D eigenvalue weighted by atomic mass is 32.2. The Labute approximate surface area is 134 Å². The molecule has 0 unspecified atom stereocenters. The Bertz CT molecular complexity index is 505. The Hall–Kier alpha value is -1.86. The lowest BCUT2D eigenvalue weighted by atomic mass is 10.2. The predicted molar refractivity (Wildman–Crippen MR) is 92.4 cm³/mol. The maximum absolute atomic E-state index is 12.0. The minimum absolute atomic E-state index is 0.426. The zero-order chi connectivity index (χ0) is 16.4. The number of nitrogens with one attached hydrogen (secondary N) is 2. The molecule has 0 bridgehead atoms. The van der Waals surface area contributed by atoms with Crippen LogP contribution in [0.25, 0.3) is 0 Å². The molecular formula is C15H22N4O2S. The first-order valence-electron chi connectivity index (χ1n) is 7.05. The average molecular weight is 322 g/mol. The van der Waals surface area contributed by atoms with Crippen LogP contribution in [-0.2, 0) is 11.3 Å². The molecule has 1 aromatic carbocycles. The van der Waals surface area contributed by atoms with Gasteiger partial charge in [0.05, 0.1) is 0 Å². The molecule has 7 heteroatoms. The molecule has 0 heterocycles. The number of hydrogen-bond acceptors (Lipinski definition) is 4. The second-order valence-corrected chi connectivity index (χ2v) is 5.93. The normalized spacial score (nSPS) is 11.5. The molecule has 120 valence electrons. The van der Waals surface area contributed by atoms with E-state index >= 15 is 0 Å². The Morgan fingerprint density at radius 3 is 2.59 bits per heavy atom. The van der Waals surface area contributed by atoms with Gasteiger partial charge in [-0.2, -0.15) is 11.8 Å². The minimum Gasteiger partial charge on any atom is -0.326 e. The van der Waals surface area contributed by atoms with Crippen molar-refractivity contribution in [2.45, 2.75) is 25.9 Å². The van der Waals surface area contributed by atoms with E-state index in [1.165, 1.54) is 0 Å². The third-order valence-corrected chi connectivity index (χ3v) is 3.89. The maximum atomic E-state index is 12.0. The van der Waals surface area contributed by atoms with Gasteiger partial charge in [-0.25, -0.2) is 9.79 Å². The van der Waals surface area contributed by atoms with Gasteiger partial charge in [-0.3, -0.25) is 4.79 Å². The quantitative estimate of drug-likeness (QED) is 0.504. The van der Waals surface area contributed by atoms with Gasteiger partial charge < -0.3 is 16.4 Å². The number of carbonyl (C=O) groups excluding carboxylic acids is 2. The SMILES string of the molecule is C=NC(=O)[C@H](CCSCC)NC(=O)Nc1ccc(CN)cc1. The Morgan fingerprint density at radius 1 is 1.36 bits per heavy atom. The Morgan fingerprint density at radius 2 is 2.05 bits per heavy atom. The van der Waals surface area contributed by atoms with E-state index < -0.39 is 18.0 Å². The lowest BCUT2D eigenvalue weighted by molar-refractivity contribution is -0.119. The van der Waals surface area contributed by atoms with Crippen LogP contribution >= 0.6 is 11.8 Å². The lowest BCUT2D eigenvalue weighted by Crippen LogP contribution is -2.42. The molecule has 0 spiro atoms. The fourth-order valence-electron chi connectivity index (χ4n) is 1.76. The van der Waals surface area contributed by atoms with E-state index in [0.29, 0.717) is 18.7 Å². The van der Waals surface area contributed by atoms with Crippen molar-refractivity contribution >= 4 is 36.1 Å². The van der Waals surface area contributed by atoms with E-state index in [-0.39, 0.29) is 0 Å². The van der Waals surface area contributed by atoms with Crippen LogP contribution in [0.2, 0.25) is 0 Å². The van der Waals surface area contributed by atoms with Crippen LogP contribution < -0.4 is 16.4 Å². The lowest BCUT2D eigenvalue weighted by Gasteiger charge is -2.15. The summed E-state index contributed by atoms with van der Waals surface area (Å²) in [6, 6.07) is 6.10. The van der Waals surface area contributed by atoms with Crippen LogP contribution in [-0.4, -0.2) is 36.2 Å². The van der Waals surface area contributed by atoms with Gasteiger partial charge in [-0.15, -0.1) is 0 Å². The molecule has 0 saturated carbocycles. The molecule has 0 fully saturated rings. The number of urea groups is 1. The van der Waals surface area contributed by atoms with Gasteiger partial charge in [0.1, 0.15) is 6.04 Å². The molecule has 6 nitrogen and oxygen atoms in total. The first kappa shape index (κ1) is 18.2. The summed E-state index contributed by atoms with van der Waals surface area (Å²) in [5.41, 5.74) is 7.13. The smallest absolute Gasteiger partial charge is 0.319 e. The van der Waals surface area contributed by atoms with Crippen LogP contribution in [0, 0.1) is 0 Å². The van der Waals surface area contributed by atoms with Crippen LogP contribution in [0.5, 0.6) is 0 Å². The average Bonchev–Trinajstić information content (AvgIpc) is 2.54. The monoisotopic (exact) mass is 322 g/mol. The van der Waals surface area contributed by atoms with Crippen molar-refractivity contribution in [1.82, 2.24) is 5.32 Å². The molecule has 0 aliphatic carbocycles. The van der Waals surface area contributed by atoms with Gasteiger partial charge in [-0.1, -0.05) is 19.1 Å². The van der Waals surface area contributed by atoms with Crippen LogP contribution in [0.1, 0.15) is 18.9 Å². The number of thioether (sulfide) groups is 1. The van der Waals surface area contributed by atoms with Gasteiger partial charge in [-0.05, 0) is 42.3 Å². The molecule has 1 atom stereocenters. The summed E-state index contributed by atoms with van der Waals surface area (Å²) in [4.78, 5) is 27.0. The molecule has 0 saturated heterocycles. The van der Waals surface area contributed by atoms with E-state index in [0.717, 1.165) is 17.1 Å². The molecule has 0 aliphatic heterocycles. The second kappa shape index (κ2) is 9.97.